The first-order valence-corrected chi connectivity index (χ1v) is 5.66. The summed E-state index contributed by atoms with van der Waals surface area (Å²) in [6, 6.07) is 0. The fourth-order valence-electron chi connectivity index (χ4n) is 1.25. The van der Waals surface area contributed by atoms with Gasteiger partial charge >= 0.3 is 0 Å². The molecule has 0 aliphatic carbocycles. The molecule has 0 aliphatic heterocycles. The number of hydrogen-bond donors (Lipinski definition) is 1. The monoisotopic (exact) mass is 371 g/mol. The Hall–Kier alpha value is 1.09. The van der Waals surface area contributed by atoms with Crippen LogP contribution in [-0.2, 0) is 22.4 Å². The van der Waals surface area contributed by atoms with Crippen LogP contribution in [0.2, 0.25) is 0 Å². The molecule has 2 heteroatoms. The van der Waals surface area contributed by atoms with E-state index in [1.165, 1.54) is 51.4 Å². The van der Waals surface area contributed by atoms with Crippen molar-refractivity contribution in [2.75, 3.05) is 5.75 Å². The number of thiol groups is 1. The minimum atomic E-state index is 0. The van der Waals surface area contributed by atoms with Gasteiger partial charge < -0.3 is 0 Å². The fourth-order valence-corrected chi connectivity index (χ4v) is 1.47. The molecule has 12 heavy (non-hydrogen) atoms. The molecule has 1 radical (unpaired) electrons. The van der Waals surface area contributed by atoms with Gasteiger partial charge in [0.15, 0.2) is 0 Å². The quantitative estimate of drug-likeness (QED) is 0.371. The Morgan fingerprint density at radius 2 is 1.17 bits per heavy atom. The molecule has 0 aromatic heterocycles. The molecule has 0 aliphatic rings. The first kappa shape index (κ1) is 15.6. The largest absolute Gasteiger partial charge is 0.179 e. The molecule has 0 atom stereocenters. The van der Waals surface area contributed by atoms with Gasteiger partial charge in [0, 0.05) is 22.4 Å². The maximum Gasteiger partial charge on any atom is 0 e. The number of rotatable bonds is 8. The normalized spacial score (nSPS) is 9.50. The van der Waals surface area contributed by atoms with Crippen molar-refractivity contribution in [3.8, 4) is 0 Å². The van der Waals surface area contributed by atoms with Crippen molar-refractivity contribution in [3.63, 3.8) is 0 Å². The molecule has 0 nitrogen and oxygen atoms in total. The Morgan fingerprint density at radius 3 is 1.58 bits per heavy atom. The van der Waals surface area contributed by atoms with E-state index in [4.69, 9.17) is 0 Å². The van der Waals surface area contributed by atoms with Crippen LogP contribution in [0.25, 0.3) is 0 Å². The zero-order chi connectivity index (χ0) is 8.36. The van der Waals surface area contributed by atoms with Gasteiger partial charge in [-0.25, -0.2) is 0 Å². The van der Waals surface area contributed by atoms with Gasteiger partial charge in [-0.05, 0) is 12.2 Å². The Balaban J connectivity index is 0. The summed E-state index contributed by atoms with van der Waals surface area (Å²) in [6.07, 6.45) is 11.2. The maximum atomic E-state index is 4.18. The maximum absolute atomic E-state index is 4.18. The van der Waals surface area contributed by atoms with Crippen molar-refractivity contribution in [1.29, 1.82) is 0 Å². The first-order valence-electron chi connectivity index (χ1n) is 5.02. The Morgan fingerprint density at radius 1 is 0.750 bits per heavy atom. The van der Waals surface area contributed by atoms with E-state index in [0.717, 1.165) is 5.75 Å². The molecule has 0 spiro atoms. The minimum Gasteiger partial charge on any atom is -0.179 e. The van der Waals surface area contributed by atoms with E-state index >= 15 is 0 Å². The van der Waals surface area contributed by atoms with E-state index in [-0.39, 0.29) is 22.4 Å². The molecule has 0 saturated heterocycles. The van der Waals surface area contributed by atoms with Crippen LogP contribution in [0.5, 0.6) is 0 Å². The summed E-state index contributed by atoms with van der Waals surface area (Å²) in [4.78, 5) is 0. The third-order valence-electron chi connectivity index (χ3n) is 2.01. The molecule has 0 bridgehead atoms. The topological polar surface area (TPSA) is 0 Å². The van der Waals surface area contributed by atoms with Gasteiger partial charge in [-0.2, -0.15) is 12.6 Å². The Labute approximate surface area is 98.8 Å². The Bertz CT molecular complexity index is 58.9. The molecule has 0 unspecified atom stereocenters. The summed E-state index contributed by atoms with van der Waals surface area (Å²) in [5, 5.41) is 0. The second-order valence-electron chi connectivity index (χ2n) is 3.20. The van der Waals surface area contributed by atoms with Crippen molar-refractivity contribution in [2.24, 2.45) is 0 Å². The number of hydrogen-bond acceptors (Lipinski definition) is 1. The van der Waals surface area contributed by atoms with Crippen LogP contribution in [0.3, 0.4) is 0 Å². The minimum absolute atomic E-state index is 0. The molecular weight excluding hydrogens is 349 g/mol. The smallest absolute Gasteiger partial charge is 0 e. The van der Waals surface area contributed by atoms with Crippen LogP contribution in [0.15, 0.2) is 0 Å². The van der Waals surface area contributed by atoms with Crippen molar-refractivity contribution < 1.29 is 22.4 Å². The van der Waals surface area contributed by atoms with E-state index in [1.807, 2.05) is 0 Å². The van der Waals surface area contributed by atoms with Crippen molar-refractivity contribution >= 4 is 12.6 Å². The average Bonchev–Trinajstić information content (AvgIpc) is 2.03. The molecule has 0 saturated carbocycles. The second-order valence-corrected chi connectivity index (χ2v) is 3.65. The molecule has 0 fully saturated rings. The zero-order valence-electron chi connectivity index (χ0n) is 8.11. The predicted octanol–water partition coefficient (Wildman–Crippen LogP) is 4.05. The van der Waals surface area contributed by atoms with Crippen LogP contribution in [0.4, 0.5) is 0 Å². The molecule has 0 aromatic rings. The number of unbranched alkanes of at least 4 members (excludes halogenated alkanes) is 7. The third kappa shape index (κ3) is 13.7. The Kier molecular flexibility index (Phi) is 18.9. The van der Waals surface area contributed by atoms with Crippen LogP contribution in [0, 0.1) is 0 Å². The van der Waals surface area contributed by atoms with Gasteiger partial charge in [0.25, 0.3) is 0 Å². The van der Waals surface area contributed by atoms with E-state index in [9.17, 15) is 0 Å². The van der Waals surface area contributed by atoms with Crippen LogP contribution in [0.1, 0.15) is 58.3 Å². The van der Waals surface area contributed by atoms with Crippen molar-refractivity contribution in [2.45, 2.75) is 58.3 Å². The molecule has 0 amide bonds. The second kappa shape index (κ2) is 14.6. The molecule has 79 valence electrons. The molecule has 0 rings (SSSR count). The van der Waals surface area contributed by atoms with E-state index in [0.29, 0.717) is 0 Å². The third-order valence-corrected chi connectivity index (χ3v) is 2.33. The first-order chi connectivity index (χ1) is 5.41. The summed E-state index contributed by atoms with van der Waals surface area (Å²) < 4.78 is 0. The van der Waals surface area contributed by atoms with Gasteiger partial charge in [-0.3, -0.25) is 0 Å². The molecule has 0 N–H and O–H groups in total. The summed E-state index contributed by atoms with van der Waals surface area (Å²) in [5.41, 5.74) is 0. The van der Waals surface area contributed by atoms with Crippen molar-refractivity contribution in [3.05, 3.63) is 0 Å². The summed E-state index contributed by atoms with van der Waals surface area (Å²) in [7, 11) is 0. The van der Waals surface area contributed by atoms with E-state index in [1.54, 1.807) is 0 Å². The van der Waals surface area contributed by atoms with Gasteiger partial charge in [-0.15, -0.1) is 0 Å². The predicted molar refractivity (Wildman–Crippen MR) is 56.5 cm³/mol. The SMILES string of the molecule is CCCCCCCCCCS.[Au]. The van der Waals surface area contributed by atoms with Gasteiger partial charge in [0.05, 0.1) is 0 Å². The molecule has 0 heterocycles. The van der Waals surface area contributed by atoms with Gasteiger partial charge in [0.2, 0.25) is 0 Å². The molecule has 0 aromatic carbocycles. The van der Waals surface area contributed by atoms with Gasteiger partial charge in [0.1, 0.15) is 0 Å². The zero-order valence-corrected chi connectivity index (χ0v) is 11.2. The summed E-state index contributed by atoms with van der Waals surface area (Å²) in [6.45, 7) is 2.26. The van der Waals surface area contributed by atoms with Crippen LogP contribution >= 0.6 is 12.6 Å². The average molecular weight is 371 g/mol. The standard InChI is InChI=1S/C10H22S.Au/c1-2-3-4-5-6-7-8-9-10-11;/h11H,2-10H2,1H3;. The van der Waals surface area contributed by atoms with Crippen LogP contribution < -0.4 is 0 Å². The van der Waals surface area contributed by atoms with Gasteiger partial charge in [-0.1, -0.05) is 51.9 Å². The van der Waals surface area contributed by atoms with E-state index in [2.05, 4.69) is 19.6 Å². The molecular formula is C10H22AuS. The van der Waals surface area contributed by atoms with Crippen molar-refractivity contribution in [1.82, 2.24) is 0 Å². The fraction of sp³-hybridized carbons (Fsp3) is 1.00. The summed E-state index contributed by atoms with van der Waals surface area (Å²) in [5.74, 6) is 1.06. The van der Waals surface area contributed by atoms with E-state index < -0.39 is 0 Å². The summed E-state index contributed by atoms with van der Waals surface area (Å²) >= 11 is 4.18. The van der Waals surface area contributed by atoms with Crippen LogP contribution in [-0.4, -0.2) is 5.75 Å².